The summed E-state index contributed by atoms with van der Waals surface area (Å²) in [6.07, 6.45) is 0.474. The molecule has 36 heavy (non-hydrogen) atoms. The lowest BCUT2D eigenvalue weighted by molar-refractivity contribution is -0.121. The standard InChI is InChI=1S/C29H27ClN2O3S/c30-26-16-18-27(19-17-26)36(34,35)32(21-20-23-10-4-1-5-11-23)22-28(33)31-29(24-12-6-2-7-13-24)25-14-8-3-9-15-25/h1-19,29H,20-22H2,(H,31,33). The van der Waals surface area contributed by atoms with Crippen molar-refractivity contribution in [1.29, 1.82) is 0 Å². The van der Waals surface area contributed by atoms with Crippen LogP contribution in [0.1, 0.15) is 22.7 Å². The van der Waals surface area contributed by atoms with Gasteiger partial charge in [0.2, 0.25) is 15.9 Å². The molecule has 0 atom stereocenters. The zero-order chi connectivity index (χ0) is 25.4. The molecule has 1 amide bonds. The van der Waals surface area contributed by atoms with Crippen molar-refractivity contribution in [2.24, 2.45) is 0 Å². The summed E-state index contributed by atoms with van der Waals surface area (Å²) in [6, 6.07) is 34.4. The van der Waals surface area contributed by atoms with E-state index < -0.39 is 22.0 Å². The molecule has 4 aromatic carbocycles. The van der Waals surface area contributed by atoms with E-state index in [1.165, 1.54) is 28.6 Å². The number of carbonyl (C=O) groups excluding carboxylic acids is 1. The third-order valence-corrected chi connectivity index (χ3v) is 7.95. The molecule has 0 spiro atoms. The fourth-order valence-corrected chi connectivity index (χ4v) is 5.48. The van der Waals surface area contributed by atoms with Crippen LogP contribution in [0.15, 0.2) is 120 Å². The Morgan fingerprint density at radius 3 is 1.78 bits per heavy atom. The monoisotopic (exact) mass is 518 g/mol. The summed E-state index contributed by atoms with van der Waals surface area (Å²) in [7, 11) is -3.93. The topological polar surface area (TPSA) is 66.5 Å². The van der Waals surface area contributed by atoms with E-state index in [1.807, 2.05) is 91.0 Å². The minimum Gasteiger partial charge on any atom is -0.344 e. The van der Waals surface area contributed by atoms with Gasteiger partial charge in [-0.05, 0) is 47.4 Å². The average Bonchev–Trinajstić information content (AvgIpc) is 2.91. The molecule has 0 fully saturated rings. The summed E-state index contributed by atoms with van der Waals surface area (Å²) in [5, 5.41) is 3.49. The number of sulfonamides is 1. The number of carbonyl (C=O) groups is 1. The Morgan fingerprint density at radius 1 is 0.750 bits per heavy atom. The molecule has 0 bridgehead atoms. The van der Waals surface area contributed by atoms with Gasteiger partial charge in [0, 0.05) is 11.6 Å². The van der Waals surface area contributed by atoms with Crippen LogP contribution in [0.25, 0.3) is 0 Å². The number of amides is 1. The second kappa shape index (κ2) is 12.0. The predicted molar refractivity (Wildman–Crippen MR) is 143 cm³/mol. The number of benzene rings is 4. The highest BCUT2D eigenvalue weighted by Crippen LogP contribution is 2.23. The average molecular weight is 519 g/mol. The summed E-state index contributed by atoms with van der Waals surface area (Å²) < 4.78 is 28.3. The highest BCUT2D eigenvalue weighted by molar-refractivity contribution is 7.89. The maximum Gasteiger partial charge on any atom is 0.243 e. The van der Waals surface area contributed by atoms with Crippen molar-refractivity contribution in [3.63, 3.8) is 0 Å². The smallest absolute Gasteiger partial charge is 0.243 e. The molecule has 0 aliphatic heterocycles. The maximum atomic E-state index is 13.5. The van der Waals surface area contributed by atoms with Crippen molar-refractivity contribution in [3.05, 3.63) is 137 Å². The summed E-state index contributed by atoms with van der Waals surface area (Å²) in [6.45, 7) is -0.155. The van der Waals surface area contributed by atoms with Crippen molar-refractivity contribution >= 4 is 27.5 Å². The number of halogens is 1. The number of hydrogen-bond donors (Lipinski definition) is 1. The normalized spacial score (nSPS) is 11.5. The fraction of sp³-hybridized carbons (Fsp3) is 0.138. The second-order valence-electron chi connectivity index (χ2n) is 8.35. The summed E-state index contributed by atoms with van der Waals surface area (Å²) in [4.78, 5) is 13.4. The van der Waals surface area contributed by atoms with Gasteiger partial charge in [0.05, 0.1) is 17.5 Å². The third-order valence-electron chi connectivity index (χ3n) is 5.84. The van der Waals surface area contributed by atoms with Crippen LogP contribution in [0.5, 0.6) is 0 Å². The van der Waals surface area contributed by atoms with E-state index in [-0.39, 0.29) is 18.0 Å². The van der Waals surface area contributed by atoms with Gasteiger partial charge in [-0.2, -0.15) is 4.31 Å². The molecule has 5 nitrogen and oxygen atoms in total. The van der Waals surface area contributed by atoms with Gasteiger partial charge in [-0.3, -0.25) is 4.79 Å². The number of nitrogens with one attached hydrogen (secondary N) is 1. The Balaban J connectivity index is 1.59. The molecule has 4 rings (SSSR count). The van der Waals surface area contributed by atoms with E-state index in [0.29, 0.717) is 11.4 Å². The summed E-state index contributed by atoms with van der Waals surface area (Å²) in [5.41, 5.74) is 2.81. The van der Waals surface area contributed by atoms with Crippen LogP contribution in [0, 0.1) is 0 Å². The first-order valence-corrected chi connectivity index (χ1v) is 13.4. The summed E-state index contributed by atoms with van der Waals surface area (Å²) in [5.74, 6) is -0.390. The van der Waals surface area contributed by atoms with Gasteiger partial charge in [0.15, 0.2) is 0 Å². The zero-order valence-corrected chi connectivity index (χ0v) is 21.2. The van der Waals surface area contributed by atoms with E-state index in [1.54, 1.807) is 0 Å². The van der Waals surface area contributed by atoms with Crippen molar-refractivity contribution in [1.82, 2.24) is 9.62 Å². The zero-order valence-electron chi connectivity index (χ0n) is 19.6. The minimum absolute atomic E-state index is 0.0930. The predicted octanol–water partition coefficient (Wildman–Crippen LogP) is 5.48. The van der Waals surface area contributed by atoms with E-state index >= 15 is 0 Å². The SMILES string of the molecule is O=C(CN(CCc1ccccc1)S(=O)(=O)c1ccc(Cl)cc1)NC(c1ccccc1)c1ccccc1. The maximum absolute atomic E-state index is 13.5. The van der Waals surface area contributed by atoms with Gasteiger partial charge in [-0.25, -0.2) is 8.42 Å². The lowest BCUT2D eigenvalue weighted by Crippen LogP contribution is -2.42. The highest BCUT2D eigenvalue weighted by Gasteiger charge is 2.28. The van der Waals surface area contributed by atoms with Crippen molar-refractivity contribution < 1.29 is 13.2 Å². The molecule has 0 heterocycles. The Bertz CT molecular complexity index is 1330. The van der Waals surface area contributed by atoms with Crippen LogP contribution in [0.2, 0.25) is 5.02 Å². The van der Waals surface area contributed by atoms with Crippen molar-refractivity contribution in [2.45, 2.75) is 17.4 Å². The molecule has 0 saturated heterocycles. The van der Waals surface area contributed by atoms with E-state index in [4.69, 9.17) is 11.6 Å². The molecule has 1 N–H and O–H groups in total. The lowest BCUT2D eigenvalue weighted by atomic mass is 9.99. The number of rotatable bonds is 10. The Kier molecular flexibility index (Phi) is 8.54. The Labute approximate surface area is 217 Å². The van der Waals surface area contributed by atoms with E-state index in [0.717, 1.165) is 16.7 Å². The van der Waals surface area contributed by atoms with Crippen LogP contribution in [0.3, 0.4) is 0 Å². The quantitative estimate of drug-likeness (QED) is 0.302. The Hall–Kier alpha value is -3.45. The van der Waals surface area contributed by atoms with Crippen molar-refractivity contribution in [3.8, 4) is 0 Å². The molecular formula is C29H27ClN2O3S. The first kappa shape index (κ1) is 25.6. The van der Waals surface area contributed by atoms with Crippen LogP contribution >= 0.6 is 11.6 Å². The van der Waals surface area contributed by atoms with E-state index in [9.17, 15) is 13.2 Å². The number of nitrogens with zero attached hydrogens (tertiary/aromatic N) is 1. The van der Waals surface area contributed by atoms with Crippen LogP contribution in [0.4, 0.5) is 0 Å². The molecule has 0 saturated carbocycles. The van der Waals surface area contributed by atoms with Gasteiger partial charge in [-0.1, -0.05) is 103 Å². The van der Waals surface area contributed by atoms with Crippen LogP contribution < -0.4 is 5.32 Å². The third kappa shape index (κ3) is 6.61. The van der Waals surface area contributed by atoms with Crippen molar-refractivity contribution in [2.75, 3.05) is 13.1 Å². The lowest BCUT2D eigenvalue weighted by Gasteiger charge is -2.25. The van der Waals surface area contributed by atoms with E-state index in [2.05, 4.69) is 5.32 Å². The molecule has 0 unspecified atom stereocenters. The van der Waals surface area contributed by atoms with Gasteiger partial charge < -0.3 is 5.32 Å². The second-order valence-corrected chi connectivity index (χ2v) is 10.7. The van der Waals surface area contributed by atoms with Crippen LogP contribution in [-0.4, -0.2) is 31.7 Å². The Morgan fingerprint density at radius 2 is 1.25 bits per heavy atom. The molecule has 184 valence electrons. The largest absolute Gasteiger partial charge is 0.344 e. The van der Waals surface area contributed by atoms with Gasteiger partial charge in [-0.15, -0.1) is 0 Å². The molecular weight excluding hydrogens is 492 g/mol. The molecule has 0 aromatic heterocycles. The molecule has 4 aromatic rings. The molecule has 0 radical (unpaired) electrons. The van der Waals surface area contributed by atoms with Gasteiger partial charge in [0.25, 0.3) is 0 Å². The fourth-order valence-electron chi connectivity index (χ4n) is 3.96. The number of hydrogen-bond acceptors (Lipinski definition) is 3. The summed E-state index contributed by atoms with van der Waals surface area (Å²) >= 11 is 5.97. The molecule has 0 aliphatic rings. The van der Waals surface area contributed by atoms with Gasteiger partial charge >= 0.3 is 0 Å². The van der Waals surface area contributed by atoms with Crippen LogP contribution in [-0.2, 0) is 21.2 Å². The first-order chi connectivity index (χ1) is 17.4. The first-order valence-electron chi connectivity index (χ1n) is 11.6. The highest BCUT2D eigenvalue weighted by atomic mass is 35.5. The minimum atomic E-state index is -3.93. The molecule has 7 heteroatoms. The molecule has 0 aliphatic carbocycles. The van der Waals surface area contributed by atoms with Gasteiger partial charge in [0.1, 0.15) is 0 Å².